The molecule has 1 aliphatic carbocycles. The Morgan fingerprint density at radius 2 is 1.89 bits per heavy atom. The number of H-pyrrole nitrogens is 1. The Kier molecular flexibility index (Phi) is 5.95. The van der Waals surface area contributed by atoms with Crippen molar-refractivity contribution in [2.24, 2.45) is 11.8 Å². The number of nitrogens with one attached hydrogen (secondary N) is 2. The number of aromatic carboxylic acids is 1. The number of carbonyl (C=O) groups is 2. The number of carbonyl (C=O) groups excluding carboxylic acids is 1. The summed E-state index contributed by atoms with van der Waals surface area (Å²) in [6.45, 7) is 3.08. The maximum atomic E-state index is 12.4. The molecule has 0 bridgehead atoms. The molecular weight excluding hydrogens is 422 g/mol. The summed E-state index contributed by atoms with van der Waals surface area (Å²) in [7, 11) is 0. The van der Waals surface area contributed by atoms with E-state index < -0.39 is 5.97 Å². The van der Waals surface area contributed by atoms with Crippen LogP contribution < -0.4 is 29.1 Å². The van der Waals surface area contributed by atoms with Crippen LogP contribution in [0.2, 0.25) is 15.2 Å². The van der Waals surface area contributed by atoms with Crippen molar-refractivity contribution >= 4 is 52.5 Å². The third-order valence-electron chi connectivity index (χ3n) is 5.12. The van der Waals surface area contributed by atoms with Gasteiger partial charge < -0.3 is 21.7 Å². The van der Waals surface area contributed by atoms with Gasteiger partial charge in [0.2, 0.25) is 0 Å². The van der Waals surface area contributed by atoms with E-state index in [0.717, 1.165) is 0 Å². The van der Waals surface area contributed by atoms with Crippen molar-refractivity contribution in [3.63, 3.8) is 0 Å². The number of aromatic nitrogens is 2. The third-order valence-corrected chi connectivity index (χ3v) is 6.27. The van der Waals surface area contributed by atoms with Gasteiger partial charge in [0.15, 0.2) is 0 Å². The number of fused-ring (bicyclic) bond motifs is 1. The first-order valence-electron chi connectivity index (χ1n) is 8.26. The SMILES string of the molecule is Cc1[nH]c(C(=O)NC2[C@H]3CN(c4cc(C(=O)O)cc(Cl)n4)C[C@@H]23)c(Cl)c1Cl.[H-].[Li+]. The Balaban J connectivity index is 0.00000150. The molecule has 2 aliphatic rings. The number of piperidine rings is 1. The molecule has 1 unspecified atom stereocenters. The van der Waals surface area contributed by atoms with Crippen molar-refractivity contribution in [2.75, 3.05) is 18.0 Å². The van der Waals surface area contributed by atoms with Gasteiger partial charge in [-0.25, -0.2) is 9.78 Å². The Hall–Kier alpha value is -1.36. The molecule has 0 aromatic carbocycles. The van der Waals surface area contributed by atoms with Gasteiger partial charge in [-0.1, -0.05) is 34.8 Å². The van der Waals surface area contributed by atoms with Gasteiger partial charge in [-0.15, -0.1) is 0 Å². The minimum absolute atomic E-state index is 0. The molecular formula is C17H16Cl3LiN4O3. The van der Waals surface area contributed by atoms with E-state index in [9.17, 15) is 9.59 Å². The standard InChI is InChI=1S/C17H15Cl3N4O3.Li.H/c1-6-12(19)13(20)15(21-6)16(25)23-14-8-4-24(5-9(8)14)11-3-7(17(26)27)2-10(18)22-11;;/h2-3,8-9,14,21H,4-5H2,1H3,(H,23,25)(H,26,27);;/q;+1;-1/t8-,9+,14?;;. The molecule has 1 saturated carbocycles. The second kappa shape index (κ2) is 7.81. The predicted molar refractivity (Wildman–Crippen MR) is 103 cm³/mol. The van der Waals surface area contributed by atoms with E-state index >= 15 is 0 Å². The van der Waals surface area contributed by atoms with Crippen LogP contribution in [0.3, 0.4) is 0 Å². The number of aromatic amines is 1. The van der Waals surface area contributed by atoms with E-state index in [4.69, 9.17) is 39.9 Å². The minimum atomic E-state index is -1.05. The largest absolute Gasteiger partial charge is 1.00 e. The molecule has 4 rings (SSSR count). The second-order valence-electron chi connectivity index (χ2n) is 6.83. The van der Waals surface area contributed by atoms with Crippen LogP contribution in [0.1, 0.15) is 28.0 Å². The molecule has 144 valence electrons. The van der Waals surface area contributed by atoms with Gasteiger partial charge in [0.25, 0.3) is 5.91 Å². The van der Waals surface area contributed by atoms with Crippen LogP contribution in [-0.2, 0) is 0 Å². The van der Waals surface area contributed by atoms with E-state index in [1.165, 1.54) is 12.1 Å². The van der Waals surface area contributed by atoms with Crippen molar-refractivity contribution in [3.8, 4) is 0 Å². The van der Waals surface area contributed by atoms with Gasteiger partial charge in [-0.05, 0) is 19.1 Å². The minimum Gasteiger partial charge on any atom is -1.00 e. The van der Waals surface area contributed by atoms with Crippen molar-refractivity contribution in [1.29, 1.82) is 0 Å². The zero-order chi connectivity index (χ0) is 19.5. The molecule has 0 radical (unpaired) electrons. The topological polar surface area (TPSA) is 98.3 Å². The molecule has 3 atom stereocenters. The van der Waals surface area contributed by atoms with Gasteiger partial charge >= 0.3 is 24.8 Å². The number of nitrogens with zero attached hydrogens (tertiary/aromatic N) is 2. The molecule has 3 N–H and O–H groups in total. The fraction of sp³-hybridized carbons (Fsp3) is 0.353. The van der Waals surface area contributed by atoms with Gasteiger partial charge in [-0.2, -0.15) is 0 Å². The number of carboxylic acid groups (broad SMARTS) is 1. The van der Waals surface area contributed by atoms with E-state index in [0.29, 0.717) is 29.6 Å². The molecule has 2 aromatic heterocycles. The monoisotopic (exact) mass is 436 g/mol. The number of aryl methyl sites for hydroxylation is 1. The smallest absolute Gasteiger partial charge is 1.00 e. The van der Waals surface area contributed by atoms with Crippen molar-refractivity contribution in [2.45, 2.75) is 13.0 Å². The summed E-state index contributed by atoms with van der Waals surface area (Å²) in [5.74, 6) is -0.254. The fourth-order valence-electron chi connectivity index (χ4n) is 3.65. The summed E-state index contributed by atoms with van der Waals surface area (Å²) >= 11 is 18.0. The Bertz CT molecular complexity index is 962. The zero-order valence-electron chi connectivity index (χ0n) is 16.1. The first-order valence-corrected chi connectivity index (χ1v) is 9.40. The van der Waals surface area contributed by atoms with E-state index in [-0.39, 0.29) is 65.5 Å². The van der Waals surface area contributed by atoms with Gasteiger partial charge in [0.05, 0.1) is 15.6 Å². The molecule has 1 saturated heterocycles. The summed E-state index contributed by atoms with van der Waals surface area (Å²) in [6.07, 6.45) is 0. The van der Waals surface area contributed by atoms with Crippen LogP contribution in [0.4, 0.5) is 5.82 Å². The van der Waals surface area contributed by atoms with Gasteiger partial charge in [0.1, 0.15) is 16.7 Å². The van der Waals surface area contributed by atoms with Crippen LogP contribution in [0.5, 0.6) is 0 Å². The maximum Gasteiger partial charge on any atom is 1.00 e. The number of hydrogen-bond donors (Lipinski definition) is 3. The van der Waals surface area contributed by atoms with Gasteiger partial charge in [-0.3, -0.25) is 4.79 Å². The Labute approximate surface area is 189 Å². The molecule has 11 heteroatoms. The number of halogens is 3. The van der Waals surface area contributed by atoms with E-state index in [1.807, 2.05) is 4.90 Å². The molecule has 3 heterocycles. The number of amides is 1. The number of anilines is 1. The Morgan fingerprint density at radius 1 is 1.25 bits per heavy atom. The zero-order valence-corrected chi connectivity index (χ0v) is 17.4. The van der Waals surface area contributed by atoms with Crippen LogP contribution >= 0.6 is 34.8 Å². The molecule has 2 aromatic rings. The quantitative estimate of drug-likeness (QED) is 0.474. The van der Waals surface area contributed by atoms with Crippen molar-refractivity contribution < 1.29 is 35.0 Å². The summed E-state index contributed by atoms with van der Waals surface area (Å²) in [4.78, 5) is 32.7. The van der Waals surface area contributed by atoms with E-state index in [2.05, 4.69) is 15.3 Å². The normalized spacial score (nSPS) is 22.4. The summed E-state index contributed by atoms with van der Waals surface area (Å²) in [5.41, 5.74) is 1.02. The number of pyridine rings is 1. The van der Waals surface area contributed by atoms with Gasteiger partial charge in [0, 0.05) is 36.7 Å². The summed E-state index contributed by atoms with van der Waals surface area (Å²) in [5, 5.41) is 12.9. The van der Waals surface area contributed by atoms with Crippen LogP contribution in [0.25, 0.3) is 0 Å². The first-order chi connectivity index (χ1) is 12.8. The van der Waals surface area contributed by atoms with E-state index in [1.54, 1.807) is 6.92 Å². The molecule has 1 aliphatic heterocycles. The number of rotatable bonds is 4. The van der Waals surface area contributed by atoms with Crippen molar-refractivity contribution in [3.05, 3.63) is 44.3 Å². The Morgan fingerprint density at radius 3 is 2.43 bits per heavy atom. The van der Waals surface area contributed by atoms with Crippen LogP contribution in [-0.4, -0.2) is 46.1 Å². The van der Waals surface area contributed by atoms with Crippen LogP contribution in [0.15, 0.2) is 12.1 Å². The average Bonchev–Trinajstić information content (AvgIpc) is 2.95. The third kappa shape index (κ3) is 3.74. The second-order valence-corrected chi connectivity index (χ2v) is 7.97. The summed E-state index contributed by atoms with van der Waals surface area (Å²) in [6, 6.07) is 2.88. The van der Waals surface area contributed by atoms with Crippen LogP contribution in [0, 0.1) is 18.8 Å². The summed E-state index contributed by atoms with van der Waals surface area (Å²) < 4.78 is 0. The molecule has 0 spiro atoms. The fourth-order valence-corrected chi connectivity index (χ4v) is 4.27. The molecule has 2 fully saturated rings. The molecule has 1 amide bonds. The maximum absolute atomic E-state index is 12.4. The molecule has 28 heavy (non-hydrogen) atoms. The number of hydrogen-bond acceptors (Lipinski definition) is 4. The molecule has 7 nitrogen and oxygen atoms in total. The first kappa shape index (κ1) is 21.3. The average molecular weight is 438 g/mol. The number of carboxylic acids is 1. The van der Waals surface area contributed by atoms with Crippen molar-refractivity contribution in [1.82, 2.24) is 15.3 Å². The predicted octanol–water partition coefficient (Wildman–Crippen LogP) is 0.358.